The lowest BCUT2D eigenvalue weighted by atomic mass is 9.97. The fourth-order valence-electron chi connectivity index (χ4n) is 3.38. The van der Waals surface area contributed by atoms with Gasteiger partial charge in [0.2, 0.25) is 0 Å². The molecule has 0 saturated carbocycles. The highest BCUT2D eigenvalue weighted by Gasteiger charge is 2.29. The van der Waals surface area contributed by atoms with Crippen molar-refractivity contribution in [2.75, 3.05) is 5.01 Å². The third kappa shape index (κ3) is 3.25. The van der Waals surface area contributed by atoms with Crippen molar-refractivity contribution >= 4 is 11.4 Å². The second kappa shape index (κ2) is 7.12. The molecule has 0 amide bonds. The Morgan fingerprint density at radius 2 is 1.62 bits per heavy atom. The van der Waals surface area contributed by atoms with Crippen molar-refractivity contribution in [3.63, 3.8) is 0 Å². The summed E-state index contributed by atoms with van der Waals surface area (Å²) < 4.78 is 13.4. The van der Waals surface area contributed by atoms with Crippen molar-refractivity contribution in [2.24, 2.45) is 5.10 Å². The highest BCUT2D eigenvalue weighted by Crippen LogP contribution is 2.36. The molecule has 0 saturated heterocycles. The molecule has 4 rings (SSSR count). The van der Waals surface area contributed by atoms with Crippen LogP contribution in [0.25, 0.3) is 0 Å². The van der Waals surface area contributed by atoms with Gasteiger partial charge in [0.1, 0.15) is 5.82 Å². The van der Waals surface area contributed by atoms with Crippen LogP contribution in [-0.4, -0.2) is 5.71 Å². The van der Waals surface area contributed by atoms with Gasteiger partial charge in [-0.25, -0.2) is 4.39 Å². The van der Waals surface area contributed by atoms with E-state index in [1.807, 2.05) is 30.3 Å². The third-order valence-corrected chi connectivity index (χ3v) is 4.88. The van der Waals surface area contributed by atoms with Gasteiger partial charge in [-0.2, -0.15) is 5.10 Å². The molecule has 0 radical (unpaired) electrons. The van der Waals surface area contributed by atoms with E-state index in [2.05, 4.69) is 48.3 Å². The molecule has 0 N–H and O–H groups in total. The van der Waals surface area contributed by atoms with Crippen molar-refractivity contribution < 1.29 is 4.39 Å². The monoisotopic (exact) mass is 344 g/mol. The Morgan fingerprint density at radius 3 is 2.27 bits per heavy atom. The van der Waals surface area contributed by atoms with E-state index in [-0.39, 0.29) is 11.9 Å². The lowest BCUT2D eigenvalue weighted by Crippen LogP contribution is -2.18. The number of para-hydroxylation sites is 1. The number of hydrogen-bond acceptors (Lipinski definition) is 2. The van der Waals surface area contributed by atoms with Crippen molar-refractivity contribution in [1.82, 2.24) is 0 Å². The van der Waals surface area contributed by atoms with Crippen molar-refractivity contribution in [3.8, 4) is 0 Å². The van der Waals surface area contributed by atoms with Gasteiger partial charge in [0.05, 0.1) is 17.4 Å². The summed E-state index contributed by atoms with van der Waals surface area (Å²) in [6, 6.07) is 25.6. The maximum absolute atomic E-state index is 13.4. The number of halogens is 1. The Labute approximate surface area is 153 Å². The number of aryl methyl sites for hydroxylation is 1. The molecule has 0 aliphatic carbocycles. The normalized spacial score (nSPS) is 16.6. The van der Waals surface area contributed by atoms with E-state index in [0.717, 1.165) is 35.4 Å². The Bertz CT molecular complexity index is 899. The molecule has 1 heterocycles. The summed E-state index contributed by atoms with van der Waals surface area (Å²) in [5.41, 5.74) is 5.64. The summed E-state index contributed by atoms with van der Waals surface area (Å²) in [6.07, 6.45) is 1.83. The highest BCUT2D eigenvalue weighted by atomic mass is 19.1. The highest BCUT2D eigenvalue weighted by molar-refractivity contribution is 6.03. The van der Waals surface area contributed by atoms with E-state index in [1.54, 1.807) is 0 Å². The SMILES string of the molecule is CCc1ccc(C2=NN(c3ccccc3)[C@H](c3ccc(F)cc3)C2)cc1. The number of anilines is 1. The maximum Gasteiger partial charge on any atom is 0.123 e. The molecule has 130 valence electrons. The van der Waals surface area contributed by atoms with Crippen LogP contribution in [0.3, 0.4) is 0 Å². The summed E-state index contributed by atoms with van der Waals surface area (Å²) in [5.74, 6) is -0.214. The number of nitrogens with zero attached hydrogens (tertiary/aromatic N) is 2. The maximum atomic E-state index is 13.4. The summed E-state index contributed by atoms with van der Waals surface area (Å²) in [6.45, 7) is 2.16. The van der Waals surface area contributed by atoms with Crippen LogP contribution >= 0.6 is 0 Å². The summed E-state index contributed by atoms with van der Waals surface area (Å²) in [4.78, 5) is 0. The van der Waals surface area contributed by atoms with Crippen molar-refractivity contribution in [1.29, 1.82) is 0 Å². The van der Waals surface area contributed by atoms with Crippen LogP contribution in [0.4, 0.5) is 10.1 Å². The standard InChI is InChI=1S/C23H21FN2/c1-2-17-8-10-18(11-9-17)22-16-23(19-12-14-20(24)15-13-19)26(25-22)21-6-4-3-5-7-21/h3-15,23H,2,16H2,1H3/t23-/m0/s1. The molecule has 1 atom stereocenters. The molecule has 0 unspecified atom stereocenters. The molecule has 0 fully saturated rings. The van der Waals surface area contributed by atoms with E-state index >= 15 is 0 Å². The molecule has 0 spiro atoms. The van der Waals surface area contributed by atoms with Gasteiger partial charge in [-0.15, -0.1) is 0 Å². The van der Waals surface area contributed by atoms with Crippen LogP contribution in [0.15, 0.2) is 84.0 Å². The molecule has 2 nitrogen and oxygen atoms in total. The van der Waals surface area contributed by atoms with E-state index in [1.165, 1.54) is 17.7 Å². The third-order valence-electron chi connectivity index (χ3n) is 4.88. The zero-order valence-corrected chi connectivity index (χ0v) is 14.8. The fraction of sp³-hybridized carbons (Fsp3) is 0.174. The van der Waals surface area contributed by atoms with Crippen LogP contribution in [0, 0.1) is 5.82 Å². The quantitative estimate of drug-likeness (QED) is 0.589. The molecule has 1 aliphatic rings. The predicted molar refractivity (Wildman–Crippen MR) is 105 cm³/mol. The Balaban J connectivity index is 1.71. The summed E-state index contributed by atoms with van der Waals surface area (Å²) in [5, 5.41) is 6.97. The van der Waals surface area contributed by atoms with Crippen LogP contribution in [0.1, 0.15) is 36.1 Å². The van der Waals surface area contributed by atoms with Gasteiger partial charge in [0, 0.05) is 6.42 Å². The van der Waals surface area contributed by atoms with Crippen molar-refractivity contribution in [2.45, 2.75) is 25.8 Å². The Hall–Kier alpha value is -2.94. The van der Waals surface area contributed by atoms with Gasteiger partial charge in [-0.3, -0.25) is 5.01 Å². The second-order valence-corrected chi connectivity index (χ2v) is 6.55. The molecular formula is C23H21FN2. The van der Waals surface area contributed by atoms with Crippen molar-refractivity contribution in [3.05, 3.63) is 101 Å². The predicted octanol–water partition coefficient (Wildman–Crippen LogP) is 5.74. The number of hydrogen-bond donors (Lipinski definition) is 0. The average Bonchev–Trinajstić information content (AvgIpc) is 3.15. The number of hydrazone groups is 1. The largest absolute Gasteiger partial charge is 0.257 e. The first kappa shape index (κ1) is 16.5. The molecular weight excluding hydrogens is 323 g/mol. The topological polar surface area (TPSA) is 15.6 Å². The first-order chi connectivity index (χ1) is 12.7. The molecule has 0 aromatic heterocycles. The van der Waals surface area contributed by atoms with E-state index in [9.17, 15) is 4.39 Å². The molecule has 26 heavy (non-hydrogen) atoms. The molecule has 0 bridgehead atoms. The van der Waals surface area contributed by atoms with Crippen LogP contribution in [-0.2, 0) is 6.42 Å². The van der Waals surface area contributed by atoms with Crippen LogP contribution in [0.5, 0.6) is 0 Å². The number of rotatable bonds is 4. The lowest BCUT2D eigenvalue weighted by molar-refractivity contribution is 0.624. The minimum atomic E-state index is -0.214. The zero-order chi connectivity index (χ0) is 17.9. The Kier molecular flexibility index (Phi) is 4.53. The summed E-state index contributed by atoms with van der Waals surface area (Å²) >= 11 is 0. The van der Waals surface area contributed by atoms with E-state index in [0.29, 0.717) is 0 Å². The van der Waals surface area contributed by atoms with Gasteiger partial charge in [0.25, 0.3) is 0 Å². The first-order valence-corrected chi connectivity index (χ1v) is 9.01. The van der Waals surface area contributed by atoms with Gasteiger partial charge in [0.15, 0.2) is 0 Å². The van der Waals surface area contributed by atoms with Gasteiger partial charge < -0.3 is 0 Å². The van der Waals surface area contributed by atoms with E-state index in [4.69, 9.17) is 5.10 Å². The zero-order valence-electron chi connectivity index (χ0n) is 14.8. The molecule has 3 aromatic rings. The smallest absolute Gasteiger partial charge is 0.123 e. The second-order valence-electron chi connectivity index (χ2n) is 6.55. The van der Waals surface area contributed by atoms with Gasteiger partial charge in [-0.1, -0.05) is 61.5 Å². The van der Waals surface area contributed by atoms with Gasteiger partial charge >= 0.3 is 0 Å². The summed E-state index contributed by atoms with van der Waals surface area (Å²) in [7, 11) is 0. The molecule has 1 aliphatic heterocycles. The Morgan fingerprint density at radius 1 is 0.923 bits per heavy atom. The van der Waals surface area contributed by atoms with Crippen LogP contribution < -0.4 is 5.01 Å². The van der Waals surface area contributed by atoms with E-state index < -0.39 is 0 Å². The molecule has 3 aromatic carbocycles. The van der Waals surface area contributed by atoms with Gasteiger partial charge in [-0.05, 0) is 47.4 Å². The molecule has 3 heteroatoms. The number of benzene rings is 3. The first-order valence-electron chi connectivity index (χ1n) is 9.01. The lowest BCUT2D eigenvalue weighted by Gasteiger charge is -2.23. The fourth-order valence-corrected chi connectivity index (χ4v) is 3.38. The average molecular weight is 344 g/mol. The van der Waals surface area contributed by atoms with Crippen LogP contribution in [0.2, 0.25) is 0 Å². The minimum Gasteiger partial charge on any atom is -0.257 e. The minimum absolute atomic E-state index is 0.0684.